The SMILES string of the molecule is CC(C)C[C@@H]1CC[C@@](O)(CCC(C)(C)C)C1. The second-order valence-electron chi connectivity index (χ2n) is 7.52. The van der Waals surface area contributed by atoms with Crippen LogP contribution < -0.4 is 0 Å². The summed E-state index contributed by atoms with van der Waals surface area (Å²) in [6, 6.07) is 0. The van der Waals surface area contributed by atoms with Crippen LogP contribution in [0.4, 0.5) is 0 Å². The topological polar surface area (TPSA) is 20.2 Å². The molecule has 1 nitrogen and oxygen atoms in total. The highest BCUT2D eigenvalue weighted by atomic mass is 16.3. The van der Waals surface area contributed by atoms with Crippen molar-refractivity contribution >= 4 is 0 Å². The lowest BCUT2D eigenvalue weighted by Gasteiger charge is -2.27. The molecule has 1 aliphatic rings. The second-order valence-corrected chi connectivity index (χ2v) is 7.52. The highest BCUT2D eigenvalue weighted by Crippen LogP contribution is 2.42. The average molecular weight is 226 g/mol. The van der Waals surface area contributed by atoms with E-state index in [0.717, 1.165) is 37.5 Å². The Kier molecular flexibility index (Phi) is 4.45. The Balaban J connectivity index is 2.37. The summed E-state index contributed by atoms with van der Waals surface area (Å²) in [5.74, 6) is 1.54. The van der Waals surface area contributed by atoms with Crippen LogP contribution in [0.2, 0.25) is 0 Å². The Bertz CT molecular complexity index is 214. The molecule has 0 saturated heterocycles. The van der Waals surface area contributed by atoms with Gasteiger partial charge in [0.25, 0.3) is 0 Å². The van der Waals surface area contributed by atoms with Gasteiger partial charge in [0, 0.05) is 0 Å². The lowest BCUT2D eigenvalue weighted by molar-refractivity contribution is 0.0231. The summed E-state index contributed by atoms with van der Waals surface area (Å²) in [6.07, 6.45) is 6.72. The first-order valence-corrected chi connectivity index (χ1v) is 6.93. The van der Waals surface area contributed by atoms with Gasteiger partial charge in [0.15, 0.2) is 0 Å². The van der Waals surface area contributed by atoms with Gasteiger partial charge in [-0.3, -0.25) is 0 Å². The van der Waals surface area contributed by atoms with Crippen LogP contribution in [0.15, 0.2) is 0 Å². The molecular weight excluding hydrogens is 196 g/mol. The van der Waals surface area contributed by atoms with Crippen molar-refractivity contribution in [1.29, 1.82) is 0 Å². The van der Waals surface area contributed by atoms with Crippen LogP contribution in [0.3, 0.4) is 0 Å². The van der Waals surface area contributed by atoms with Gasteiger partial charge in [0.1, 0.15) is 0 Å². The first-order valence-electron chi connectivity index (χ1n) is 6.93. The zero-order chi connectivity index (χ0) is 12.4. The largest absolute Gasteiger partial charge is 0.390 e. The van der Waals surface area contributed by atoms with Crippen molar-refractivity contribution in [3.8, 4) is 0 Å². The van der Waals surface area contributed by atoms with E-state index in [4.69, 9.17) is 0 Å². The van der Waals surface area contributed by atoms with Gasteiger partial charge < -0.3 is 5.11 Å². The first-order chi connectivity index (χ1) is 7.20. The molecule has 1 N–H and O–H groups in total. The van der Waals surface area contributed by atoms with Crippen molar-refractivity contribution < 1.29 is 5.11 Å². The number of aliphatic hydroxyl groups is 1. The molecule has 1 saturated carbocycles. The third kappa shape index (κ3) is 4.86. The maximum Gasteiger partial charge on any atom is 0.0650 e. The molecule has 16 heavy (non-hydrogen) atoms. The minimum atomic E-state index is -0.340. The highest BCUT2D eigenvalue weighted by molar-refractivity contribution is 4.90. The molecule has 0 aromatic carbocycles. The van der Waals surface area contributed by atoms with Crippen LogP contribution in [-0.2, 0) is 0 Å². The van der Waals surface area contributed by atoms with Crippen LogP contribution in [0.1, 0.15) is 73.1 Å². The maximum atomic E-state index is 10.5. The summed E-state index contributed by atoms with van der Waals surface area (Å²) in [6.45, 7) is 11.4. The van der Waals surface area contributed by atoms with Crippen molar-refractivity contribution in [1.82, 2.24) is 0 Å². The van der Waals surface area contributed by atoms with Gasteiger partial charge in [-0.25, -0.2) is 0 Å². The number of hydrogen-bond donors (Lipinski definition) is 1. The second kappa shape index (κ2) is 5.08. The lowest BCUT2D eigenvalue weighted by Crippen LogP contribution is -2.27. The molecule has 0 radical (unpaired) electrons. The lowest BCUT2D eigenvalue weighted by atomic mass is 9.83. The van der Waals surface area contributed by atoms with Gasteiger partial charge in [-0.05, 0) is 55.8 Å². The Morgan fingerprint density at radius 2 is 1.94 bits per heavy atom. The van der Waals surface area contributed by atoms with E-state index in [9.17, 15) is 5.11 Å². The maximum absolute atomic E-state index is 10.5. The van der Waals surface area contributed by atoms with Crippen LogP contribution in [0.25, 0.3) is 0 Å². The Hall–Kier alpha value is -0.0400. The zero-order valence-electron chi connectivity index (χ0n) is 11.8. The van der Waals surface area contributed by atoms with Gasteiger partial charge in [0.05, 0.1) is 5.60 Å². The molecular formula is C15H30O. The van der Waals surface area contributed by atoms with E-state index in [0.29, 0.717) is 5.41 Å². The van der Waals surface area contributed by atoms with E-state index < -0.39 is 0 Å². The Morgan fingerprint density at radius 1 is 1.31 bits per heavy atom. The molecule has 1 aliphatic carbocycles. The highest BCUT2D eigenvalue weighted by Gasteiger charge is 2.37. The molecule has 0 aromatic heterocycles. The molecule has 0 unspecified atom stereocenters. The molecule has 0 aromatic rings. The van der Waals surface area contributed by atoms with E-state index in [1.165, 1.54) is 12.8 Å². The van der Waals surface area contributed by atoms with Gasteiger partial charge in [-0.2, -0.15) is 0 Å². The Labute approximate surface area is 102 Å². The third-order valence-corrected chi connectivity index (χ3v) is 3.83. The predicted octanol–water partition coefficient (Wildman–Crippen LogP) is 4.39. The smallest absolute Gasteiger partial charge is 0.0650 e. The number of rotatable bonds is 4. The van der Waals surface area contributed by atoms with Gasteiger partial charge in [0.2, 0.25) is 0 Å². The minimum Gasteiger partial charge on any atom is -0.390 e. The molecule has 0 aliphatic heterocycles. The van der Waals surface area contributed by atoms with E-state index in [2.05, 4.69) is 34.6 Å². The molecule has 1 fully saturated rings. The summed E-state index contributed by atoms with van der Waals surface area (Å²) >= 11 is 0. The molecule has 0 heterocycles. The van der Waals surface area contributed by atoms with E-state index in [1.807, 2.05) is 0 Å². The van der Waals surface area contributed by atoms with Gasteiger partial charge in [-0.1, -0.05) is 34.6 Å². The molecule has 1 heteroatoms. The average Bonchev–Trinajstić information content (AvgIpc) is 2.43. The van der Waals surface area contributed by atoms with Crippen molar-refractivity contribution in [2.75, 3.05) is 0 Å². The first kappa shape index (κ1) is 14.0. The van der Waals surface area contributed by atoms with E-state index >= 15 is 0 Å². The fourth-order valence-electron chi connectivity index (χ4n) is 2.92. The fourth-order valence-corrected chi connectivity index (χ4v) is 2.92. The Morgan fingerprint density at radius 3 is 2.44 bits per heavy atom. The van der Waals surface area contributed by atoms with Crippen LogP contribution in [0.5, 0.6) is 0 Å². The van der Waals surface area contributed by atoms with Crippen LogP contribution in [-0.4, -0.2) is 10.7 Å². The summed E-state index contributed by atoms with van der Waals surface area (Å²) < 4.78 is 0. The quantitative estimate of drug-likeness (QED) is 0.753. The third-order valence-electron chi connectivity index (χ3n) is 3.83. The fraction of sp³-hybridized carbons (Fsp3) is 1.00. The van der Waals surface area contributed by atoms with E-state index in [1.54, 1.807) is 0 Å². The van der Waals surface area contributed by atoms with Crippen molar-refractivity contribution in [3.63, 3.8) is 0 Å². The molecule has 0 bridgehead atoms. The summed E-state index contributed by atoms with van der Waals surface area (Å²) in [5.41, 5.74) is 0.0126. The number of hydrogen-bond acceptors (Lipinski definition) is 1. The minimum absolute atomic E-state index is 0.340. The van der Waals surface area contributed by atoms with Crippen molar-refractivity contribution in [2.24, 2.45) is 17.3 Å². The molecule has 0 spiro atoms. The summed E-state index contributed by atoms with van der Waals surface area (Å²) in [7, 11) is 0. The standard InChI is InChI=1S/C15H30O/c1-12(2)10-13-6-7-15(16,11-13)9-8-14(3,4)5/h12-13,16H,6-11H2,1-5H3/t13-,15+/m0/s1. The van der Waals surface area contributed by atoms with Crippen LogP contribution in [0, 0.1) is 17.3 Å². The van der Waals surface area contributed by atoms with Crippen molar-refractivity contribution in [3.05, 3.63) is 0 Å². The molecule has 2 atom stereocenters. The monoisotopic (exact) mass is 226 g/mol. The van der Waals surface area contributed by atoms with Gasteiger partial charge in [-0.15, -0.1) is 0 Å². The zero-order valence-corrected chi connectivity index (χ0v) is 11.8. The van der Waals surface area contributed by atoms with Gasteiger partial charge >= 0.3 is 0 Å². The molecule has 96 valence electrons. The summed E-state index contributed by atoms with van der Waals surface area (Å²) in [5, 5.41) is 10.5. The van der Waals surface area contributed by atoms with Crippen molar-refractivity contribution in [2.45, 2.75) is 78.7 Å². The normalized spacial score (nSPS) is 31.3. The van der Waals surface area contributed by atoms with E-state index in [-0.39, 0.29) is 5.60 Å². The molecule has 1 rings (SSSR count). The predicted molar refractivity (Wildman–Crippen MR) is 70.4 cm³/mol. The molecule has 0 amide bonds. The summed E-state index contributed by atoms with van der Waals surface area (Å²) in [4.78, 5) is 0. The van der Waals surface area contributed by atoms with Crippen LogP contribution >= 0.6 is 0 Å².